The van der Waals surface area contributed by atoms with Gasteiger partial charge in [-0.15, -0.1) is 0 Å². The molecule has 57 heavy (non-hydrogen) atoms. The summed E-state index contributed by atoms with van der Waals surface area (Å²) in [4.78, 5) is 20.2. The lowest BCUT2D eigenvalue weighted by molar-refractivity contribution is 0.623. The summed E-state index contributed by atoms with van der Waals surface area (Å²) in [7, 11) is 0. The van der Waals surface area contributed by atoms with Crippen molar-refractivity contribution in [2.75, 3.05) is 0 Å². The Morgan fingerprint density at radius 1 is 0.386 bits per heavy atom. The fourth-order valence-corrected chi connectivity index (χ4v) is 7.43. The molecular formula is C51H31N5O. The Balaban J connectivity index is 1.09. The Labute approximate surface area is 329 Å². The summed E-state index contributed by atoms with van der Waals surface area (Å²) >= 11 is 0. The fourth-order valence-electron chi connectivity index (χ4n) is 7.43. The van der Waals surface area contributed by atoms with Gasteiger partial charge in [0.2, 0.25) is 5.89 Å². The maximum absolute atomic E-state index is 9.54. The van der Waals surface area contributed by atoms with Crippen molar-refractivity contribution in [2.45, 2.75) is 0 Å². The molecule has 2 heterocycles. The molecule has 0 bridgehead atoms. The highest BCUT2D eigenvalue weighted by atomic mass is 16.3. The van der Waals surface area contributed by atoms with E-state index in [4.69, 9.17) is 24.4 Å². The lowest BCUT2D eigenvalue weighted by atomic mass is 9.91. The van der Waals surface area contributed by atoms with Gasteiger partial charge in [-0.05, 0) is 75.2 Å². The number of nitrogens with zero attached hydrogens (tertiary/aromatic N) is 5. The molecule has 0 saturated carbocycles. The highest BCUT2D eigenvalue weighted by Crippen LogP contribution is 2.40. The minimum Gasteiger partial charge on any atom is -0.435 e. The van der Waals surface area contributed by atoms with Crippen LogP contribution < -0.4 is 0 Å². The molecule has 6 nitrogen and oxygen atoms in total. The molecule has 266 valence electrons. The van der Waals surface area contributed by atoms with Crippen molar-refractivity contribution >= 4 is 21.9 Å². The molecule has 0 saturated heterocycles. The van der Waals surface area contributed by atoms with Crippen LogP contribution in [0.1, 0.15) is 5.56 Å². The molecule has 0 aliphatic heterocycles. The molecular weight excluding hydrogens is 699 g/mol. The lowest BCUT2D eigenvalue weighted by Crippen LogP contribution is -2.01. The van der Waals surface area contributed by atoms with Gasteiger partial charge in [-0.2, -0.15) is 5.26 Å². The van der Waals surface area contributed by atoms with Gasteiger partial charge >= 0.3 is 0 Å². The molecule has 0 aliphatic rings. The first-order chi connectivity index (χ1) is 28.2. The van der Waals surface area contributed by atoms with Crippen LogP contribution in [0.2, 0.25) is 0 Å². The van der Waals surface area contributed by atoms with Gasteiger partial charge < -0.3 is 4.42 Å². The van der Waals surface area contributed by atoms with E-state index >= 15 is 0 Å². The molecule has 0 spiro atoms. The van der Waals surface area contributed by atoms with Gasteiger partial charge in [0.25, 0.3) is 0 Å². The number of fused-ring (bicyclic) bond motifs is 3. The van der Waals surface area contributed by atoms with Crippen molar-refractivity contribution < 1.29 is 4.42 Å². The van der Waals surface area contributed by atoms with E-state index in [0.717, 1.165) is 77.5 Å². The molecule has 10 rings (SSSR count). The van der Waals surface area contributed by atoms with Crippen LogP contribution >= 0.6 is 0 Å². The van der Waals surface area contributed by atoms with E-state index in [0.29, 0.717) is 28.9 Å². The van der Waals surface area contributed by atoms with Crippen molar-refractivity contribution in [1.82, 2.24) is 19.9 Å². The topological polar surface area (TPSA) is 88.5 Å². The average molecular weight is 730 g/mol. The first-order valence-corrected chi connectivity index (χ1v) is 18.7. The highest BCUT2D eigenvalue weighted by molar-refractivity contribution is 6.03. The van der Waals surface area contributed by atoms with E-state index in [9.17, 15) is 5.26 Å². The zero-order valence-corrected chi connectivity index (χ0v) is 30.5. The monoisotopic (exact) mass is 729 g/mol. The van der Waals surface area contributed by atoms with E-state index in [2.05, 4.69) is 84.9 Å². The van der Waals surface area contributed by atoms with Crippen LogP contribution in [-0.4, -0.2) is 19.9 Å². The average Bonchev–Trinajstić information content (AvgIpc) is 3.75. The number of nitriles is 1. The number of hydrogen-bond acceptors (Lipinski definition) is 6. The van der Waals surface area contributed by atoms with Crippen LogP contribution in [0, 0.1) is 11.3 Å². The standard InChI is InChI=1S/C51H31N5O/c52-32-33-13-10-17-36(29-33)37-18-11-20-39(30-37)49-54-48(35-15-2-1-3-16-35)55-50(56-49)45-26-9-8-25-44(45)43-24-7-6-22-41(43)38-19-12-21-40(31-38)51-53-46-28-27-34-14-4-5-23-42(34)47(46)57-51/h1-31H. The molecule has 8 aromatic carbocycles. The maximum Gasteiger partial charge on any atom is 0.227 e. The number of benzene rings is 8. The zero-order chi connectivity index (χ0) is 38.1. The fraction of sp³-hybridized carbons (Fsp3) is 0. The van der Waals surface area contributed by atoms with Crippen molar-refractivity contribution in [3.8, 4) is 85.1 Å². The minimum absolute atomic E-state index is 0.555. The van der Waals surface area contributed by atoms with Gasteiger partial charge in [-0.25, -0.2) is 19.9 Å². The second-order valence-electron chi connectivity index (χ2n) is 13.8. The molecule has 0 N–H and O–H groups in total. The molecule has 0 amide bonds. The van der Waals surface area contributed by atoms with Gasteiger partial charge in [-0.3, -0.25) is 0 Å². The van der Waals surface area contributed by atoms with Crippen molar-refractivity contribution in [1.29, 1.82) is 5.26 Å². The molecule has 0 aliphatic carbocycles. The van der Waals surface area contributed by atoms with E-state index in [1.807, 2.05) is 109 Å². The minimum atomic E-state index is 0.555. The second-order valence-corrected chi connectivity index (χ2v) is 13.8. The first-order valence-electron chi connectivity index (χ1n) is 18.7. The van der Waals surface area contributed by atoms with Crippen LogP contribution in [0.25, 0.3) is 101 Å². The summed E-state index contributed by atoms with van der Waals surface area (Å²) in [6.07, 6.45) is 0. The van der Waals surface area contributed by atoms with Crippen LogP contribution in [-0.2, 0) is 0 Å². The van der Waals surface area contributed by atoms with Gasteiger partial charge in [0.15, 0.2) is 23.1 Å². The third-order valence-corrected chi connectivity index (χ3v) is 10.2. The Hall–Kier alpha value is -8.01. The van der Waals surface area contributed by atoms with Gasteiger partial charge in [0.1, 0.15) is 5.52 Å². The number of oxazole rings is 1. The molecule has 0 atom stereocenters. The lowest BCUT2D eigenvalue weighted by Gasteiger charge is -2.15. The quantitative estimate of drug-likeness (QED) is 0.162. The van der Waals surface area contributed by atoms with Gasteiger partial charge in [-0.1, -0.05) is 152 Å². The normalized spacial score (nSPS) is 11.1. The Bertz CT molecular complexity index is 3160. The van der Waals surface area contributed by atoms with Crippen LogP contribution in [0.5, 0.6) is 0 Å². The SMILES string of the molecule is N#Cc1cccc(-c2cccc(-c3nc(-c4ccccc4)nc(-c4ccccc4-c4ccccc4-c4cccc(-c5nc6ccc7ccccc7c6o5)c4)n3)c2)c1. The largest absolute Gasteiger partial charge is 0.435 e. The molecule has 0 unspecified atom stereocenters. The molecule has 6 heteroatoms. The van der Waals surface area contributed by atoms with Gasteiger partial charge in [0.05, 0.1) is 11.6 Å². The third-order valence-electron chi connectivity index (χ3n) is 10.2. The summed E-state index contributed by atoms with van der Waals surface area (Å²) in [6, 6.07) is 65.3. The van der Waals surface area contributed by atoms with Gasteiger partial charge in [0, 0.05) is 27.6 Å². The predicted octanol–water partition coefficient (Wildman–Crippen LogP) is 12.7. The first kappa shape index (κ1) is 33.6. The number of rotatable bonds is 7. The Kier molecular flexibility index (Phi) is 8.44. The molecule has 0 radical (unpaired) electrons. The smallest absolute Gasteiger partial charge is 0.227 e. The Morgan fingerprint density at radius 3 is 1.75 bits per heavy atom. The maximum atomic E-state index is 9.54. The Morgan fingerprint density at radius 2 is 0.947 bits per heavy atom. The van der Waals surface area contributed by atoms with E-state index in [1.165, 1.54) is 0 Å². The molecule has 0 fully saturated rings. The van der Waals surface area contributed by atoms with E-state index < -0.39 is 0 Å². The van der Waals surface area contributed by atoms with E-state index in [1.54, 1.807) is 0 Å². The second kappa shape index (κ2) is 14.3. The summed E-state index contributed by atoms with van der Waals surface area (Å²) < 4.78 is 6.44. The van der Waals surface area contributed by atoms with Crippen molar-refractivity contribution in [3.63, 3.8) is 0 Å². The zero-order valence-electron chi connectivity index (χ0n) is 30.5. The third kappa shape index (κ3) is 6.39. The molecule has 2 aromatic heterocycles. The molecule has 10 aromatic rings. The van der Waals surface area contributed by atoms with Crippen molar-refractivity contribution in [2.24, 2.45) is 0 Å². The van der Waals surface area contributed by atoms with Crippen LogP contribution in [0.4, 0.5) is 0 Å². The summed E-state index contributed by atoms with van der Waals surface area (Å²) in [6.45, 7) is 0. The summed E-state index contributed by atoms with van der Waals surface area (Å²) in [5, 5.41) is 11.7. The number of hydrogen-bond donors (Lipinski definition) is 0. The summed E-state index contributed by atoms with van der Waals surface area (Å²) in [5.41, 5.74) is 11.8. The number of aromatic nitrogens is 4. The summed E-state index contributed by atoms with van der Waals surface area (Å²) in [5.74, 6) is 2.27. The van der Waals surface area contributed by atoms with Crippen LogP contribution in [0.15, 0.2) is 192 Å². The highest BCUT2D eigenvalue weighted by Gasteiger charge is 2.19. The van der Waals surface area contributed by atoms with E-state index in [-0.39, 0.29) is 0 Å². The van der Waals surface area contributed by atoms with Crippen molar-refractivity contribution in [3.05, 3.63) is 194 Å². The van der Waals surface area contributed by atoms with Crippen LogP contribution in [0.3, 0.4) is 0 Å². The predicted molar refractivity (Wildman–Crippen MR) is 228 cm³/mol.